The Kier molecular flexibility index (Phi) is 3.64. The fraction of sp³-hybridized carbons (Fsp3) is 0.556. The Balaban J connectivity index is 2.65. The van der Waals surface area contributed by atoms with E-state index in [1.165, 1.54) is 7.11 Å². The van der Waals surface area contributed by atoms with Crippen molar-refractivity contribution in [2.75, 3.05) is 21.2 Å². The number of nitrogens with zero attached hydrogens (tertiary/aromatic N) is 2. The zero-order valence-electron chi connectivity index (χ0n) is 8.65. The van der Waals surface area contributed by atoms with Crippen molar-refractivity contribution < 1.29 is 9.53 Å². The van der Waals surface area contributed by atoms with E-state index in [0.717, 1.165) is 5.69 Å². The average molecular weight is 197 g/mol. The lowest BCUT2D eigenvalue weighted by Crippen LogP contribution is -2.38. The normalized spacial score (nSPS) is 12.9. The van der Waals surface area contributed by atoms with Gasteiger partial charge in [0.2, 0.25) is 0 Å². The maximum atomic E-state index is 11.4. The Bertz CT molecular complexity index is 282. The van der Waals surface area contributed by atoms with Crippen LogP contribution in [-0.4, -0.2) is 48.1 Å². The van der Waals surface area contributed by atoms with Gasteiger partial charge in [-0.2, -0.15) is 0 Å². The molecule has 0 aliphatic carbocycles. The predicted octanol–water partition coefficient (Wildman–Crippen LogP) is 0.0554. The number of rotatable bonds is 4. The van der Waals surface area contributed by atoms with E-state index in [4.69, 9.17) is 4.74 Å². The lowest BCUT2D eigenvalue weighted by Gasteiger charge is -2.20. The summed E-state index contributed by atoms with van der Waals surface area (Å²) in [7, 11) is 5.09. The van der Waals surface area contributed by atoms with E-state index in [9.17, 15) is 4.79 Å². The predicted molar refractivity (Wildman–Crippen MR) is 51.8 cm³/mol. The zero-order chi connectivity index (χ0) is 10.6. The fourth-order valence-corrected chi connectivity index (χ4v) is 1.22. The second-order valence-corrected chi connectivity index (χ2v) is 3.28. The van der Waals surface area contributed by atoms with Gasteiger partial charge in [-0.05, 0) is 14.1 Å². The highest BCUT2D eigenvalue weighted by Crippen LogP contribution is 2.04. The second kappa shape index (κ2) is 4.76. The Hall–Kier alpha value is -1.36. The van der Waals surface area contributed by atoms with Crippen LogP contribution in [0, 0.1) is 0 Å². The van der Waals surface area contributed by atoms with E-state index in [-0.39, 0.29) is 12.0 Å². The number of ether oxygens (including phenoxy) is 1. The summed E-state index contributed by atoms with van der Waals surface area (Å²) in [5, 5.41) is 0. The molecule has 0 fully saturated rings. The number of carbonyl (C=O) groups excluding carboxylic acids is 1. The summed E-state index contributed by atoms with van der Waals surface area (Å²) in [6, 6.07) is -0.263. The van der Waals surface area contributed by atoms with Crippen molar-refractivity contribution in [2.45, 2.75) is 12.5 Å². The molecule has 1 N–H and O–H groups in total. The molecule has 1 aromatic heterocycles. The Morgan fingerprint density at radius 1 is 1.71 bits per heavy atom. The molecule has 78 valence electrons. The summed E-state index contributed by atoms with van der Waals surface area (Å²) >= 11 is 0. The molecule has 0 spiro atoms. The van der Waals surface area contributed by atoms with Crippen LogP contribution in [0.25, 0.3) is 0 Å². The molecule has 5 nitrogen and oxygen atoms in total. The molecule has 0 radical (unpaired) electrons. The molecule has 14 heavy (non-hydrogen) atoms. The van der Waals surface area contributed by atoms with Crippen LogP contribution in [0.15, 0.2) is 12.5 Å². The fourth-order valence-electron chi connectivity index (χ4n) is 1.22. The molecular weight excluding hydrogens is 182 g/mol. The third-order valence-electron chi connectivity index (χ3n) is 2.06. The van der Waals surface area contributed by atoms with Crippen LogP contribution in [0.5, 0.6) is 0 Å². The van der Waals surface area contributed by atoms with Crippen LogP contribution in [0.1, 0.15) is 5.69 Å². The SMILES string of the molecule is COC(=O)C(Cc1cnc[nH]1)N(C)C. The topological polar surface area (TPSA) is 58.2 Å². The van der Waals surface area contributed by atoms with Crippen LogP contribution < -0.4 is 0 Å². The van der Waals surface area contributed by atoms with E-state index in [1.807, 2.05) is 19.0 Å². The standard InChI is InChI=1S/C9H15N3O2/c1-12(2)8(9(13)14-3)4-7-5-10-6-11-7/h5-6,8H,4H2,1-3H3,(H,10,11). The van der Waals surface area contributed by atoms with Gasteiger partial charge in [-0.25, -0.2) is 4.98 Å². The molecule has 1 aromatic rings. The third kappa shape index (κ3) is 2.56. The highest BCUT2D eigenvalue weighted by atomic mass is 16.5. The number of aromatic amines is 1. The van der Waals surface area contributed by atoms with Crippen molar-refractivity contribution in [1.82, 2.24) is 14.9 Å². The summed E-state index contributed by atoms with van der Waals surface area (Å²) in [5.74, 6) is -0.232. The molecule has 0 aromatic carbocycles. The summed E-state index contributed by atoms with van der Waals surface area (Å²) in [6.07, 6.45) is 3.89. The molecule has 0 amide bonds. The van der Waals surface area contributed by atoms with Gasteiger partial charge in [-0.1, -0.05) is 0 Å². The molecule has 1 rings (SSSR count). The van der Waals surface area contributed by atoms with Crippen molar-refractivity contribution in [3.63, 3.8) is 0 Å². The smallest absolute Gasteiger partial charge is 0.323 e. The molecular formula is C9H15N3O2. The molecule has 0 saturated carbocycles. The van der Waals surface area contributed by atoms with Gasteiger partial charge in [0.05, 0.1) is 13.4 Å². The van der Waals surface area contributed by atoms with Crippen LogP contribution in [0.4, 0.5) is 0 Å². The number of hydrogen-bond donors (Lipinski definition) is 1. The minimum atomic E-state index is -0.263. The van der Waals surface area contributed by atoms with Crippen molar-refractivity contribution >= 4 is 5.97 Å². The number of aromatic nitrogens is 2. The van der Waals surface area contributed by atoms with Gasteiger partial charge in [0.25, 0.3) is 0 Å². The van der Waals surface area contributed by atoms with Gasteiger partial charge in [-0.3, -0.25) is 9.69 Å². The summed E-state index contributed by atoms with van der Waals surface area (Å²) in [4.78, 5) is 20.1. The second-order valence-electron chi connectivity index (χ2n) is 3.28. The number of imidazole rings is 1. The lowest BCUT2D eigenvalue weighted by molar-refractivity contribution is -0.145. The van der Waals surface area contributed by atoms with Crippen LogP contribution in [0.3, 0.4) is 0 Å². The van der Waals surface area contributed by atoms with Crippen LogP contribution in [0.2, 0.25) is 0 Å². The number of esters is 1. The Labute approximate surface area is 83.1 Å². The molecule has 0 bridgehead atoms. The Morgan fingerprint density at radius 3 is 2.86 bits per heavy atom. The first-order chi connectivity index (χ1) is 6.65. The molecule has 0 aliphatic heterocycles. The van der Waals surface area contributed by atoms with Crippen molar-refractivity contribution in [3.8, 4) is 0 Å². The van der Waals surface area contributed by atoms with E-state index in [1.54, 1.807) is 12.5 Å². The first-order valence-corrected chi connectivity index (χ1v) is 4.36. The van der Waals surface area contributed by atoms with Gasteiger partial charge >= 0.3 is 5.97 Å². The van der Waals surface area contributed by atoms with E-state index < -0.39 is 0 Å². The van der Waals surface area contributed by atoms with Gasteiger partial charge in [0, 0.05) is 18.3 Å². The highest BCUT2D eigenvalue weighted by molar-refractivity contribution is 5.75. The zero-order valence-corrected chi connectivity index (χ0v) is 8.65. The van der Waals surface area contributed by atoms with Gasteiger partial charge in [0.15, 0.2) is 0 Å². The number of methoxy groups -OCH3 is 1. The maximum Gasteiger partial charge on any atom is 0.323 e. The van der Waals surface area contributed by atoms with Gasteiger partial charge in [-0.15, -0.1) is 0 Å². The van der Waals surface area contributed by atoms with Crippen molar-refractivity contribution in [2.24, 2.45) is 0 Å². The molecule has 0 aliphatic rings. The highest BCUT2D eigenvalue weighted by Gasteiger charge is 2.22. The van der Waals surface area contributed by atoms with Crippen LogP contribution in [-0.2, 0) is 16.0 Å². The quantitative estimate of drug-likeness (QED) is 0.693. The summed E-state index contributed by atoms with van der Waals surface area (Å²) < 4.78 is 4.71. The number of hydrogen-bond acceptors (Lipinski definition) is 4. The average Bonchev–Trinajstić information content (AvgIpc) is 2.65. The number of carbonyl (C=O) groups is 1. The number of likely N-dealkylation sites (N-methyl/N-ethyl adjacent to an activating group) is 1. The minimum absolute atomic E-state index is 0.232. The van der Waals surface area contributed by atoms with Gasteiger partial charge < -0.3 is 9.72 Å². The Morgan fingerprint density at radius 2 is 2.43 bits per heavy atom. The first-order valence-electron chi connectivity index (χ1n) is 4.36. The van der Waals surface area contributed by atoms with Crippen molar-refractivity contribution in [3.05, 3.63) is 18.2 Å². The third-order valence-corrected chi connectivity index (χ3v) is 2.06. The van der Waals surface area contributed by atoms with Gasteiger partial charge in [0.1, 0.15) is 6.04 Å². The number of nitrogens with one attached hydrogen (secondary N) is 1. The molecule has 0 saturated heterocycles. The van der Waals surface area contributed by atoms with Crippen LogP contribution >= 0.6 is 0 Å². The molecule has 1 heterocycles. The summed E-state index contributed by atoms with van der Waals surface area (Å²) in [5.41, 5.74) is 0.925. The first kappa shape index (κ1) is 10.7. The van der Waals surface area contributed by atoms with E-state index in [2.05, 4.69) is 9.97 Å². The van der Waals surface area contributed by atoms with E-state index in [0.29, 0.717) is 6.42 Å². The largest absolute Gasteiger partial charge is 0.468 e. The molecule has 5 heteroatoms. The lowest BCUT2D eigenvalue weighted by atomic mass is 10.1. The van der Waals surface area contributed by atoms with Crippen molar-refractivity contribution in [1.29, 1.82) is 0 Å². The molecule has 1 atom stereocenters. The van der Waals surface area contributed by atoms with E-state index >= 15 is 0 Å². The summed E-state index contributed by atoms with van der Waals surface area (Å²) in [6.45, 7) is 0. The maximum absolute atomic E-state index is 11.4. The number of H-pyrrole nitrogens is 1. The molecule has 1 unspecified atom stereocenters. The minimum Gasteiger partial charge on any atom is -0.468 e. The monoisotopic (exact) mass is 197 g/mol.